The molecule has 0 aliphatic heterocycles. The zero-order valence-electron chi connectivity index (χ0n) is 12.0. The second-order valence-corrected chi connectivity index (χ2v) is 6.68. The summed E-state index contributed by atoms with van der Waals surface area (Å²) >= 11 is 4.76. The zero-order chi connectivity index (χ0) is 16.2. The van der Waals surface area contributed by atoms with Crippen molar-refractivity contribution < 1.29 is 9.59 Å². The van der Waals surface area contributed by atoms with Crippen LogP contribution in [0.1, 0.15) is 25.6 Å². The predicted octanol–water partition coefficient (Wildman–Crippen LogP) is 4.99. The monoisotopic (exact) mass is 385 g/mol. The molecule has 3 aromatic rings. The molecule has 0 unspecified atom stereocenters. The van der Waals surface area contributed by atoms with Crippen LogP contribution in [0.4, 0.5) is 5.69 Å². The molecule has 1 heterocycles. The second kappa shape index (κ2) is 6.89. The van der Waals surface area contributed by atoms with Crippen molar-refractivity contribution >= 4 is 44.6 Å². The lowest BCUT2D eigenvalue weighted by molar-refractivity contribution is 0.102. The quantitative estimate of drug-likeness (QED) is 0.642. The Bertz CT molecular complexity index is 845. The third kappa shape index (κ3) is 3.57. The number of halogens is 1. The van der Waals surface area contributed by atoms with Crippen molar-refractivity contribution in [3.05, 3.63) is 86.5 Å². The largest absolute Gasteiger partial charge is 0.321 e. The number of ketones is 1. The van der Waals surface area contributed by atoms with Gasteiger partial charge in [0.1, 0.15) is 0 Å². The highest BCUT2D eigenvalue weighted by Gasteiger charge is 2.17. The van der Waals surface area contributed by atoms with Gasteiger partial charge in [-0.25, -0.2) is 0 Å². The molecule has 23 heavy (non-hydrogen) atoms. The number of thiophene rings is 1. The van der Waals surface area contributed by atoms with Gasteiger partial charge < -0.3 is 5.32 Å². The fourth-order valence-electron chi connectivity index (χ4n) is 2.14. The molecule has 114 valence electrons. The molecule has 1 amide bonds. The molecule has 3 nitrogen and oxygen atoms in total. The van der Waals surface area contributed by atoms with Gasteiger partial charge in [-0.3, -0.25) is 9.59 Å². The standard InChI is InChI=1S/C18H12BrNO2S/c19-13-8-9-15(20-18(22)12-5-2-1-3-6-12)14(11-13)17(21)16-7-4-10-23-16/h1-11H,(H,20,22). The summed E-state index contributed by atoms with van der Waals surface area (Å²) in [6.45, 7) is 0. The molecular formula is C18H12BrNO2S. The van der Waals surface area contributed by atoms with Crippen molar-refractivity contribution in [2.45, 2.75) is 0 Å². The summed E-state index contributed by atoms with van der Waals surface area (Å²) in [5, 5.41) is 4.68. The van der Waals surface area contributed by atoms with Crippen LogP contribution in [-0.2, 0) is 0 Å². The maximum atomic E-state index is 12.6. The number of carbonyl (C=O) groups is 2. The summed E-state index contributed by atoms with van der Waals surface area (Å²) < 4.78 is 0.787. The average molecular weight is 386 g/mol. The van der Waals surface area contributed by atoms with Gasteiger partial charge in [0.25, 0.3) is 5.91 Å². The topological polar surface area (TPSA) is 46.2 Å². The van der Waals surface area contributed by atoms with E-state index in [0.717, 1.165) is 4.47 Å². The lowest BCUT2D eigenvalue weighted by Gasteiger charge is -2.10. The molecule has 0 aliphatic carbocycles. The van der Waals surface area contributed by atoms with E-state index < -0.39 is 0 Å². The van der Waals surface area contributed by atoms with E-state index in [0.29, 0.717) is 21.7 Å². The third-order valence-corrected chi connectivity index (χ3v) is 4.62. The molecule has 0 saturated heterocycles. The molecule has 5 heteroatoms. The highest BCUT2D eigenvalue weighted by Crippen LogP contribution is 2.26. The van der Waals surface area contributed by atoms with E-state index in [1.165, 1.54) is 11.3 Å². The van der Waals surface area contributed by atoms with Crippen LogP contribution in [0, 0.1) is 0 Å². The van der Waals surface area contributed by atoms with Crippen LogP contribution in [0.5, 0.6) is 0 Å². The highest BCUT2D eigenvalue weighted by molar-refractivity contribution is 9.10. The molecule has 1 N–H and O–H groups in total. The van der Waals surface area contributed by atoms with Crippen LogP contribution in [0.3, 0.4) is 0 Å². The number of carbonyl (C=O) groups excluding carboxylic acids is 2. The van der Waals surface area contributed by atoms with E-state index in [4.69, 9.17) is 0 Å². The summed E-state index contributed by atoms with van der Waals surface area (Å²) in [5.74, 6) is -0.349. The molecule has 3 rings (SSSR count). The summed E-state index contributed by atoms with van der Waals surface area (Å²) in [6.07, 6.45) is 0. The van der Waals surface area contributed by atoms with Gasteiger partial charge in [0.2, 0.25) is 5.78 Å². The summed E-state index contributed by atoms with van der Waals surface area (Å²) in [4.78, 5) is 25.6. The fourth-order valence-corrected chi connectivity index (χ4v) is 3.18. The molecule has 0 spiro atoms. The van der Waals surface area contributed by atoms with Crippen molar-refractivity contribution in [2.75, 3.05) is 5.32 Å². The van der Waals surface area contributed by atoms with E-state index in [1.54, 1.807) is 48.5 Å². The first-order valence-corrected chi connectivity index (χ1v) is 8.56. The Kier molecular flexibility index (Phi) is 4.69. The Morgan fingerprint density at radius 1 is 0.957 bits per heavy atom. The smallest absolute Gasteiger partial charge is 0.255 e. The summed E-state index contributed by atoms with van der Waals surface area (Å²) in [5.41, 5.74) is 1.51. The summed E-state index contributed by atoms with van der Waals surface area (Å²) in [6, 6.07) is 17.8. The maximum Gasteiger partial charge on any atom is 0.255 e. The van der Waals surface area contributed by atoms with Crippen LogP contribution < -0.4 is 5.32 Å². The van der Waals surface area contributed by atoms with Crippen LogP contribution in [0.2, 0.25) is 0 Å². The SMILES string of the molecule is O=C(Nc1ccc(Br)cc1C(=O)c1cccs1)c1ccccc1. The van der Waals surface area contributed by atoms with Crippen LogP contribution in [-0.4, -0.2) is 11.7 Å². The lowest BCUT2D eigenvalue weighted by Crippen LogP contribution is -2.15. The van der Waals surface area contributed by atoms with Crippen LogP contribution >= 0.6 is 27.3 Å². The van der Waals surface area contributed by atoms with E-state index in [1.807, 2.05) is 17.5 Å². The van der Waals surface area contributed by atoms with Gasteiger partial charge in [-0.15, -0.1) is 11.3 Å². The number of hydrogen-bond donors (Lipinski definition) is 1. The van der Waals surface area contributed by atoms with Gasteiger partial charge in [-0.05, 0) is 41.8 Å². The number of amides is 1. The summed E-state index contributed by atoms with van der Waals surface area (Å²) in [7, 11) is 0. The van der Waals surface area contributed by atoms with Gasteiger partial charge in [0.15, 0.2) is 0 Å². The minimum Gasteiger partial charge on any atom is -0.321 e. The first-order valence-electron chi connectivity index (χ1n) is 6.89. The van der Waals surface area contributed by atoms with E-state index >= 15 is 0 Å². The Hall–Kier alpha value is -2.24. The molecule has 0 aliphatic rings. The molecular weight excluding hydrogens is 374 g/mol. The number of rotatable bonds is 4. The van der Waals surface area contributed by atoms with Gasteiger partial charge in [0, 0.05) is 15.6 Å². The second-order valence-electron chi connectivity index (χ2n) is 4.82. The van der Waals surface area contributed by atoms with Gasteiger partial charge in [-0.2, -0.15) is 0 Å². The third-order valence-electron chi connectivity index (χ3n) is 3.26. The number of hydrogen-bond acceptors (Lipinski definition) is 3. The zero-order valence-corrected chi connectivity index (χ0v) is 14.4. The van der Waals surface area contributed by atoms with Crippen molar-refractivity contribution in [2.24, 2.45) is 0 Å². The van der Waals surface area contributed by atoms with Crippen molar-refractivity contribution in [3.63, 3.8) is 0 Å². The molecule has 0 atom stereocenters. The number of benzene rings is 2. The van der Waals surface area contributed by atoms with Crippen molar-refractivity contribution in [1.82, 2.24) is 0 Å². The van der Waals surface area contributed by atoms with Crippen molar-refractivity contribution in [3.8, 4) is 0 Å². The van der Waals surface area contributed by atoms with E-state index in [2.05, 4.69) is 21.2 Å². The van der Waals surface area contributed by atoms with Gasteiger partial charge in [0.05, 0.1) is 10.6 Å². The Balaban J connectivity index is 1.94. The Morgan fingerprint density at radius 3 is 2.43 bits per heavy atom. The van der Waals surface area contributed by atoms with Gasteiger partial charge in [-0.1, -0.05) is 40.2 Å². The molecule has 0 bridgehead atoms. The Labute approximate surface area is 146 Å². The van der Waals surface area contributed by atoms with Crippen LogP contribution in [0.25, 0.3) is 0 Å². The predicted molar refractivity (Wildman–Crippen MR) is 96.3 cm³/mol. The van der Waals surface area contributed by atoms with E-state index in [-0.39, 0.29) is 11.7 Å². The van der Waals surface area contributed by atoms with Crippen molar-refractivity contribution in [1.29, 1.82) is 0 Å². The average Bonchev–Trinajstić information content (AvgIpc) is 3.11. The van der Waals surface area contributed by atoms with Crippen LogP contribution in [0.15, 0.2) is 70.5 Å². The molecule has 0 saturated carbocycles. The minimum atomic E-state index is -0.242. The van der Waals surface area contributed by atoms with Gasteiger partial charge >= 0.3 is 0 Å². The number of anilines is 1. The fraction of sp³-hybridized carbons (Fsp3) is 0. The lowest BCUT2D eigenvalue weighted by atomic mass is 10.1. The van der Waals surface area contributed by atoms with E-state index in [9.17, 15) is 9.59 Å². The molecule has 0 radical (unpaired) electrons. The minimum absolute atomic E-state index is 0.107. The number of nitrogens with one attached hydrogen (secondary N) is 1. The molecule has 1 aromatic heterocycles. The highest BCUT2D eigenvalue weighted by atomic mass is 79.9. The normalized spacial score (nSPS) is 10.3. The Morgan fingerprint density at radius 2 is 1.74 bits per heavy atom. The first kappa shape index (κ1) is 15.6. The first-order chi connectivity index (χ1) is 11.1. The maximum absolute atomic E-state index is 12.6. The molecule has 2 aromatic carbocycles. The molecule has 0 fully saturated rings.